The summed E-state index contributed by atoms with van der Waals surface area (Å²) in [5, 5.41) is 9.73. The van der Waals surface area contributed by atoms with Crippen molar-refractivity contribution < 1.29 is 9.84 Å². The molecule has 1 aromatic carbocycles. The first-order valence-electron chi connectivity index (χ1n) is 5.52. The van der Waals surface area contributed by atoms with Gasteiger partial charge in [0.15, 0.2) is 0 Å². The fourth-order valence-electron chi connectivity index (χ4n) is 1.47. The van der Waals surface area contributed by atoms with Crippen LogP contribution in [-0.4, -0.2) is 12.2 Å². The average Bonchev–Trinajstić information content (AvgIpc) is 2.26. The number of phenolic OH excluding ortho intramolecular Hbond substituents is 1. The molecule has 16 heavy (non-hydrogen) atoms. The Labute approximate surface area is 97.6 Å². The van der Waals surface area contributed by atoms with Gasteiger partial charge in [0.25, 0.3) is 0 Å². The lowest BCUT2D eigenvalue weighted by molar-refractivity contribution is 0.119. The molecule has 0 aromatic heterocycles. The fraction of sp³-hybridized carbons (Fsp3) is 0.429. The number of hydrogen-bond donors (Lipinski definition) is 1. The van der Waals surface area contributed by atoms with Crippen molar-refractivity contribution in [3.63, 3.8) is 0 Å². The summed E-state index contributed by atoms with van der Waals surface area (Å²) in [6.45, 7) is 6.11. The molecule has 0 saturated carbocycles. The monoisotopic (exact) mass is 220 g/mol. The Morgan fingerprint density at radius 3 is 2.69 bits per heavy atom. The number of allylic oxidation sites excluding steroid dienone is 2. The van der Waals surface area contributed by atoms with Crippen molar-refractivity contribution in [3.05, 3.63) is 41.0 Å². The molecule has 0 aliphatic heterocycles. The van der Waals surface area contributed by atoms with Crippen molar-refractivity contribution in [3.8, 4) is 5.75 Å². The number of ether oxygens (including phenoxy) is 1. The lowest BCUT2D eigenvalue weighted by Crippen LogP contribution is -1.97. The van der Waals surface area contributed by atoms with E-state index in [1.807, 2.05) is 19.1 Å². The van der Waals surface area contributed by atoms with Crippen LogP contribution in [0.5, 0.6) is 5.75 Å². The van der Waals surface area contributed by atoms with Gasteiger partial charge in [-0.3, -0.25) is 0 Å². The third kappa shape index (κ3) is 3.38. The summed E-state index contributed by atoms with van der Waals surface area (Å²) in [5.41, 5.74) is 3.30. The normalized spacial score (nSPS) is 12.2. The van der Waals surface area contributed by atoms with Crippen molar-refractivity contribution in [1.29, 1.82) is 0 Å². The summed E-state index contributed by atoms with van der Waals surface area (Å²) >= 11 is 0. The number of rotatable bonds is 4. The SMILES string of the molecule is COC(C)c1ccc(O)c(CC=C(C)C)c1. The maximum absolute atomic E-state index is 9.73. The van der Waals surface area contributed by atoms with Crippen LogP contribution in [0.25, 0.3) is 0 Å². The lowest BCUT2D eigenvalue weighted by Gasteiger charge is -2.12. The highest BCUT2D eigenvalue weighted by atomic mass is 16.5. The number of benzene rings is 1. The number of aromatic hydroxyl groups is 1. The first-order valence-corrected chi connectivity index (χ1v) is 5.52. The quantitative estimate of drug-likeness (QED) is 0.785. The first kappa shape index (κ1) is 12.8. The zero-order chi connectivity index (χ0) is 12.1. The smallest absolute Gasteiger partial charge is 0.119 e. The molecule has 0 aliphatic rings. The van der Waals surface area contributed by atoms with Crippen LogP contribution in [0.3, 0.4) is 0 Å². The predicted molar refractivity (Wildman–Crippen MR) is 66.7 cm³/mol. The second-order valence-corrected chi connectivity index (χ2v) is 4.25. The molecule has 0 spiro atoms. The molecule has 88 valence electrons. The molecule has 1 aromatic rings. The Kier molecular flexibility index (Phi) is 4.56. The summed E-state index contributed by atoms with van der Waals surface area (Å²) in [6.07, 6.45) is 2.93. The molecular formula is C14H20O2. The number of hydrogen-bond acceptors (Lipinski definition) is 2. The first-order chi connectivity index (χ1) is 7.54. The molecule has 0 amide bonds. The highest BCUT2D eigenvalue weighted by Gasteiger charge is 2.07. The van der Waals surface area contributed by atoms with Crippen molar-refractivity contribution in [1.82, 2.24) is 0 Å². The van der Waals surface area contributed by atoms with E-state index >= 15 is 0 Å². The summed E-state index contributed by atoms with van der Waals surface area (Å²) in [6, 6.07) is 5.64. The van der Waals surface area contributed by atoms with Crippen molar-refractivity contribution >= 4 is 0 Å². The summed E-state index contributed by atoms with van der Waals surface area (Å²) in [5.74, 6) is 0.351. The van der Waals surface area contributed by atoms with Crippen molar-refractivity contribution in [2.24, 2.45) is 0 Å². The van der Waals surface area contributed by atoms with Crippen LogP contribution in [0.4, 0.5) is 0 Å². The van der Waals surface area contributed by atoms with Gasteiger partial charge in [0.1, 0.15) is 5.75 Å². The molecule has 1 atom stereocenters. The molecule has 1 N–H and O–H groups in total. The summed E-state index contributed by atoms with van der Waals surface area (Å²) in [7, 11) is 1.69. The van der Waals surface area contributed by atoms with Gasteiger partial charge in [-0.15, -0.1) is 0 Å². The van der Waals surface area contributed by atoms with E-state index in [4.69, 9.17) is 4.74 Å². The van der Waals surface area contributed by atoms with Gasteiger partial charge < -0.3 is 9.84 Å². The van der Waals surface area contributed by atoms with Crippen LogP contribution in [0.2, 0.25) is 0 Å². The van der Waals surface area contributed by atoms with E-state index in [9.17, 15) is 5.11 Å². The summed E-state index contributed by atoms with van der Waals surface area (Å²) in [4.78, 5) is 0. The molecule has 0 heterocycles. The zero-order valence-corrected chi connectivity index (χ0v) is 10.4. The molecule has 0 aliphatic carbocycles. The Bertz CT molecular complexity index is 376. The van der Waals surface area contributed by atoms with E-state index in [1.54, 1.807) is 13.2 Å². The standard InChI is InChI=1S/C14H20O2/c1-10(2)5-6-13-9-12(11(3)16-4)7-8-14(13)15/h5,7-9,11,15H,6H2,1-4H3. The van der Waals surface area contributed by atoms with Crippen LogP contribution < -0.4 is 0 Å². The van der Waals surface area contributed by atoms with Gasteiger partial charge >= 0.3 is 0 Å². The molecular weight excluding hydrogens is 200 g/mol. The third-order valence-electron chi connectivity index (χ3n) is 2.66. The van der Waals surface area contributed by atoms with E-state index < -0.39 is 0 Å². The Hall–Kier alpha value is -1.28. The van der Waals surface area contributed by atoms with Gasteiger partial charge in [-0.25, -0.2) is 0 Å². The van der Waals surface area contributed by atoms with Gasteiger partial charge in [-0.2, -0.15) is 0 Å². The van der Waals surface area contributed by atoms with Crippen molar-refractivity contribution in [2.45, 2.75) is 33.3 Å². The lowest BCUT2D eigenvalue weighted by atomic mass is 10.0. The molecule has 0 bridgehead atoms. The van der Waals surface area contributed by atoms with E-state index in [0.29, 0.717) is 5.75 Å². The predicted octanol–water partition coefficient (Wildman–Crippen LogP) is 3.61. The van der Waals surface area contributed by atoms with Gasteiger partial charge in [-0.1, -0.05) is 17.7 Å². The fourth-order valence-corrected chi connectivity index (χ4v) is 1.47. The minimum absolute atomic E-state index is 0.0612. The molecule has 0 saturated heterocycles. The maximum atomic E-state index is 9.73. The Morgan fingerprint density at radius 1 is 1.44 bits per heavy atom. The maximum Gasteiger partial charge on any atom is 0.119 e. The van der Waals surface area contributed by atoms with E-state index in [-0.39, 0.29) is 6.10 Å². The summed E-state index contributed by atoms with van der Waals surface area (Å²) < 4.78 is 5.26. The van der Waals surface area contributed by atoms with Crippen LogP contribution in [0.1, 0.15) is 38.0 Å². The van der Waals surface area contributed by atoms with E-state index in [1.165, 1.54) is 5.57 Å². The molecule has 1 unspecified atom stereocenters. The minimum atomic E-state index is 0.0612. The van der Waals surface area contributed by atoms with Crippen LogP contribution in [0.15, 0.2) is 29.8 Å². The average molecular weight is 220 g/mol. The van der Waals surface area contributed by atoms with Gasteiger partial charge in [-0.05, 0) is 50.5 Å². The zero-order valence-electron chi connectivity index (χ0n) is 10.4. The van der Waals surface area contributed by atoms with Crippen molar-refractivity contribution in [2.75, 3.05) is 7.11 Å². The topological polar surface area (TPSA) is 29.5 Å². The van der Waals surface area contributed by atoms with Gasteiger partial charge in [0.05, 0.1) is 6.10 Å². The number of methoxy groups -OCH3 is 1. The largest absolute Gasteiger partial charge is 0.508 e. The Morgan fingerprint density at radius 2 is 2.12 bits per heavy atom. The third-order valence-corrected chi connectivity index (χ3v) is 2.66. The second kappa shape index (κ2) is 5.71. The molecule has 2 nitrogen and oxygen atoms in total. The van der Waals surface area contributed by atoms with E-state index in [2.05, 4.69) is 19.9 Å². The Balaban J connectivity index is 2.94. The van der Waals surface area contributed by atoms with Gasteiger partial charge in [0.2, 0.25) is 0 Å². The molecule has 1 rings (SSSR count). The highest BCUT2D eigenvalue weighted by molar-refractivity contribution is 5.38. The second-order valence-electron chi connectivity index (χ2n) is 4.25. The van der Waals surface area contributed by atoms with Gasteiger partial charge in [0, 0.05) is 7.11 Å². The molecule has 0 radical (unpaired) electrons. The molecule has 0 fully saturated rings. The van der Waals surface area contributed by atoms with E-state index in [0.717, 1.165) is 17.5 Å². The van der Waals surface area contributed by atoms with Crippen LogP contribution in [0, 0.1) is 0 Å². The molecule has 2 heteroatoms. The highest BCUT2D eigenvalue weighted by Crippen LogP contribution is 2.24. The van der Waals surface area contributed by atoms with Crippen LogP contribution in [-0.2, 0) is 11.2 Å². The van der Waals surface area contributed by atoms with Crippen LogP contribution >= 0.6 is 0 Å². The number of phenols is 1. The minimum Gasteiger partial charge on any atom is -0.508 e.